The van der Waals surface area contributed by atoms with Gasteiger partial charge in [0.1, 0.15) is 5.82 Å². The Balaban J connectivity index is 2.23. The first-order valence-electron chi connectivity index (χ1n) is 8.61. The van der Waals surface area contributed by atoms with E-state index in [1.54, 1.807) is 6.07 Å². The maximum atomic E-state index is 13.9. The van der Waals surface area contributed by atoms with Crippen molar-refractivity contribution in [1.82, 2.24) is 10.2 Å². The fourth-order valence-corrected chi connectivity index (χ4v) is 3.52. The van der Waals surface area contributed by atoms with E-state index in [1.807, 2.05) is 13.0 Å². The predicted molar refractivity (Wildman–Crippen MR) is 95.4 cm³/mol. The molecule has 134 valence electrons. The maximum Gasteiger partial charge on any atom is 0.237 e. The normalized spacial score (nSPS) is 22.8. The number of rotatable bonds is 6. The average molecular weight is 356 g/mol. The van der Waals surface area contributed by atoms with Gasteiger partial charge in [0.05, 0.1) is 17.1 Å². The smallest absolute Gasteiger partial charge is 0.237 e. The number of nitrogens with zero attached hydrogens (tertiary/aromatic N) is 1. The van der Waals surface area contributed by atoms with Crippen molar-refractivity contribution < 1.29 is 9.18 Å². The number of amides is 1. The van der Waals surface area contributed by atoms with Gasteiger partial charge < -0.3 is 11.1 Å². The molecule has 2 rings (SSSR count). The minimum Gasteiger partial charge on any atom is -0.350 e. The van der Waals surface area contributed by atoms with E-state index < -0.39 is 11.9 Å². The van der Waals surface area contributed by atoms with Crippen molar-refractivity contribution in [2.24, 2.45) is 5.73 Å². The van der Waals surface area contributed by atoms with Crippen LogP contribution in [0.25, 0.3) is 0 Å². The lowest BCUT2D eigenvalue weighted by atomic mass is 9.98. The van der Waals surface area contributed by atoms with Crippen molar-refractivity contribution in [3.63, 3.8) is 0 Å². The molecule has 3 atom stereocenters. The fourth-order valence-electron chi connectivity index (χ4n) is 3.40. The van der Waals surface area contributed by atoms with Crippen molar-refractivity contribution >= 4 is 17.5 Å². The van der Waals surface area contributed by atoms with E-state index in [1.165, 1.54) is 6.07 Å². The van der Waals surface area contributed by atoms with Crippen molar-refractivity contribution in [1.29, 1.82) is 0 Å². The number of hydrogen-bond acceptors (Lipinski definition) is 3. The lowest BCUT2D eigenvalue weighted by Crippen LogP contribution is -2.47. The van der Waals surface area contributed by atoms with E-state index in [2.05, 4.69) is 24.1 Å². The standard InChI is InChI=1S/C18H27ClFN3O/c1-4-5-15(21)18(24)22-16-8-9-23(11(2)3)17(16)12-6-7-13(19)14(20)10-12/h6-7,10-11,15-17H,4-5,8-9,21H2,1-3H3,(H,22,24). The predicted octanol–water partition coefficient (Wildman–Crippen LogP) is 3.25. The molecule has 0 radical (unpaired) electrons. The van der Waals surface area contributed by atoms with Crippen LogP contribution in [0.2, 0.25) is 5.02 Å². The molecule has 6 heteroatoms. The molecule has 1 aromatic rings. The SMILES string of the molecule is CCCC(N)C(=O)NC1CCN(C(C)C)C1c1ccc(Cl)c(F)c1. The van der Waals surface area contributed by atoms with Crippen LogP contribution < -0.4 is 11.1 Å². The van der Waals surface area contributed by atoms with Crippen LogP contribution in [0.5, 0.6) is 0 Å². The summed E-state index contributed by atoms with van der Waals surface area (Å²) in [7, 11) is 0. The lowest BCUT2D eigenvalue weighted by molar-refractivity contribution is -0.123. The Kier molecular flexibility index (Phi) is 6.61. The Labute approximate surface area is 148 Å². The molecule has 0 spiro atoms. The van der Waals surface area contributed by atoms with Crippen molar-refractivity contribution in [2.75, 3.05) is 6.54 Å². The number of benzene rings is 1. The molecule has 24 heavy (non-hydrogen) atoms. The van der Waals surface area contributed by atoms with Gasteiger partial charge in [0, 0.05) is 18.6 Å². The molecule has 1 heterocycles. The monoisotopic (exact) mass is 355 g/mol. The Morgan fingerprint density at radius 2 is 2.21 bits per heavy atom. The van der Waals surface area contributed by atoms with Crippen LogP contribution >= 0.6 is 11.6 Å². The molecule has 1 aliphatic heterocycles. The lowest BCUT2D eigenvalue weighted by Gasteiger charge is -2.32. The van der Waals surface area contributed by atoms with Gasteiger partial charge in [-0.1, -0.05) is 31.0 Å². The molecular weight excluding hydrogens is 329 g/mol. The number of carbonyl (C=O) groups is 1. The summed E-state index contributed by atoms with van der Waals surface area (Å²) in [6, 6.07) is 4.52. The van der Waals surface area contributed by atoms with Crippen LogP contribution in [0.1, 0.15) is 51.6 Å². The second kappa shape index (κ2) is 8.28. The summed E-state index contributed by atoms with van der Waals surface area (Å²) in [5, 5.41) is 3.18. The number of halogens is 2. The molecule has 1 saturated heterocycles. The summed E-state index contributed by atoms with van der Waals surface area (Å²) < 4.78 is 13.9. The van der Waals surface area contributed by atoms with Crippen molar-refractivity contribution in [3.05, 3.63) is 34.6 Å². The largest absolute Gasteiger partial charge is 0.350 e. The van der Waals surface area contributed by atoms with Crippen molar-refractivity contribution in [2.45, 2.75) is 64.2 Å². The van der Waals surface area contributed by atoms with E-state index in [-0.39, 0.29) is 23.0 Å². The average Bonchev–Trinajstić information content (AvgIpc) is 2.94. The van der Waals surface area contributed by atoms with Gasteiger partial charge in [0.15, 0.2) is 0 Å². The molecule has 0 aromatic heterocycles. The highest BCUT2D eigenvalue weighted by molar-refractivity contribution is 6.30. The summed E-state index contributed by atoms with van der Waals surface area (Å²) in [5.41, 5.74) is 6.76. The summed E-state index contributed by atoms with van der Waals surface area (Å²) in [6.45, 7) is 7.06. The highest BCUT2D eigenvalue weighted by atomic mass is 35.5. The molecule has 0 bridgehead atoms. The van der Waals surface area contributed by atoms with Crippen LogP contribution in [0, 0.1) is 5.82 Å². The van der Waals surface area contributed by atoms with Crippen LogP contribution in [-0.4, -0.2) is 35.5 Å². The van der Waals surface area contributed by atoms with E-state index in [9.17, 15) is 9.18 Å². The Hall–Kier alpha value is -1.17. The van der Waals surface area contributed by atoms with E-state index >= 15 is 0 Å². The van der Waals surface area contributed by atoms with Gasteiger partial charge in [-0.15, -0.1) is 0 Å². The highest BCUT2D eigenvalue weighted by Crippen LogP contribution is 2.35. The number of hydrogen-bond donors (Lipinski definition) is 2. The molecule has 3 unspecified atom stereocenters. The van der Waals surface area contributed by atoms with Gasteiger partial charge in [-0.2, -0.15) is 0 Å². The zero-order valence-corrected chi connectivity index (χ0v) is 15.3. The molecule has 3 N–H and O–H groups in total. The number of likely N-dealkylation sites (tertiary alicyclic amines) is 1. The quantitative estimate of drug-likeness (QED) is 0.823. The van der Waals surface area contributed by atoms with Gasteiger partial charge in [-0.3, -0.25) is 9.69 Å². The minimum atomic E-state index is -0.495. The molecule has 0 saturated carbocycles. The Bertz CT molecular complexity index is 581. The van der Waals surface area contributed by atoms with Crippen LogP contribution in [0.15, 0.2) is 18.2 Å². The van der Waals surface area contributed by atoms with Crippen LogP contribution in [0.4, 0.5) is 4.39 Å². The zero-order valence-electron chi connectivity index (χ0n) is 14.6. The van der Waals surface area contributed by atoms with E-state index in [0.29, 0.717) is 12.5 Å². The topological polar surface area (TPSA) is 58.4 Å². The van der Waals surface area contributed by atoms with E-state index in [4.69, 9.17) is 17.3 Å². The number of nitrogens with two attached hydrogens (primary N) is 1. The highest BCUT2D eigenvalue weighted by Gasteiger charge is 2.38. The Morgan fingerprint density at radius 3 is 2.79 bits per heavy atom. The maximum absolute atomic E-state index is 13.9. The van der Waals surface area contributed by atoms with Crippen LogP contribution in [0.3, 0.4) is 0 Å². The number of nitrogens with one attached hydrogen (secondary N) is 1. The van der Waals surface area contributed by atoms with Gasteiger partial charge in [-0.05, 0) is 44.4 Å². The molecule has 4 nitrogen and oxygen atoms in total. The van der Waals surface area contributed by atoms with Gasteiger partial charge in [0.2, 0.25) is 5.91 Å². The second-order valence-corrected chi connectivity index (χ2v) is 7.16. The summed E-state index contributed by atoms with van der Waals surface area (Å²) in [4.78, 5) is 14.6. The Morgan fingerprint density at radius 1 is 1.50 bits per heavy atom. The van der Waals surface area contributed by atoms with Gasteiger partial charge in [0.25, 0.3) is 0 Å². The summed E-state index contributed by atoms with van der Waals surface area (Å²) in [6.07, 6.45) is 2.34. The van der Waals surface area contributed by atoms with Gasteiger partial charge >= 0.3 is 0 Å². The third-order valence-corrected chi connectivity index (χ3v) is 4.96. The molecule has 1 aliphatic rings. The van der Waals surface area contributed by atoms with E-state index in [0.717, 1.165) is 24.9 Å². The summed E-state index contributed by atoms with van der Waals surface area (Å²) >= 11 is 5.81. The summed E-state index contributed by atoms with van der Waals surface area (Å²) in [5.74, 6) is -0.565. The molecular formula is C18H27ClFN3O. The van der Waals surface area contributed by atoms with Crippen LogP contribution in [-0.2, 0) is 4.79 Å². The fraction of sp³-hybridized carbons (Fsp3) is 0.611. The molecule has 1 amide bonds. The molecule has 1 aromatic carbocycles. The molecule has 0 aliphatic carbocycles. The minimum absolute atomic E-state index is 0.0745. The first kappa shape index (κ1) is 19.2. The second-order valence-electron chi connectivity index (χ2n) is 6.75. The molecule has 1 fully saturated rings. The van der Waals surface area contributed by atoms with Gasteiger partial charge in [-0.25, -0.2) is 4.39 Å². The first-order valence-corrected chi connectivity index (χ1v) is 8.99. The zero-order chi connectivity index (χ0) is 17.9. The number of carbonyl (C=O) groups excluding carboxylic acids is 1. The first-order chi connectivity index (χ1) is 11.3. The third kappa shape index (κ3) is 4.26. The van der Waals surface area contributed by atoms with Crippen molar-refractivity contribution in [3.8, 4) is 0 Å². The third-order valence-electron chi connectivity index (χ3n) is 4.65.